The van der Waals surface area contributed by atoms with Gasteiger partial charge in [-0.2, -0.15) is 0 Å². The highest BCUT2D eigenvalue weighted by molar-refractivity contribution is 7.47. The Bertz CT molecular complexity index is 389. The fourth-order valence-corrected chi connectivity index (χ4v) is 3.83. The average molecular weight is 361 g/mol. The highest BCUT2D eigenvalue weighted by Gasteiger charge is 2.35. The van der Waals surface area contributed by atoms with Gasteiger partial charge in [-0.3, -0.25) is 9.05 Å². The molecular formula is C18H36NO4P. The second kappa shape index (κ2) is 13.1. The number of rotatable bonds is 13. The minimum Gasteiger partial charge on any atom is -0.323 e. The fraction of sp³-hybridized carbons (Fsp3) is 0.889. The van der Waals surface area contributed by atoms with E-state index in [1.807, 2.05) is 6.08 Å². The Balaban J connectivity index is 1.93. The first kappa shape index (κ1) is 21.9. The van der Waals surface area contributed by atoms with Crippen LogP contribution >= 0.6 is 7.82 Å². The van der Waals surface area contributed by atoms with Crippen molar-refractivity contribution in [2.75, 3.05) is 6.61 Å². The lowest BCUT2D eigenvalue weighted by molar-refractivity contribution is 0.0530. The van der Waals surface area contributed by atoms with Crippen LogP contribution in [0.3, 0.4) is 0 Å². The summed E-state index contributed by atoms with van der Waals surface area (Å²) in [7, 11) is -3.90. The van der Waals surface area contributed by atoms with Crippen LogP contribution in [0.4, 0.5) is 0 Å². The third kappa shape index (κ3) is 10.6. The molecule has 5 nitrogen and oxygen atoms in total. The van der Waals surface area contributed by atoms with E-state index in [4.69, 9.17) is 10.3 Å². The first-order chi connectivity index (χ1) is 11.5. The summed E-state index contributed by atoms with van der Waals surface area (Å²) in [6.07, 6.45) is 18.9. The van der Waals surface area contributed by atoms with Crippen LogP contribution in [0.5, 0.6) is 0 Å². The van der Waals surface area contributed by atoms with Crippen molar-refractivity contribution in [3.63, 3.8) is 0 Å². The van der Waals surface area contributed by atoms with Crippen molar-refractivity contribution >= 4 is 7.82 Å². The first-order valence-corrected chi connectivity index (χ1v) is 11.1. The first-order valence-electron chi connectivity index (χ1n) is 9.63. The Morgan fingerprint density at radius 3 is 2.17 bits per heavy atom. The molecule has 0 spiro atoms. The van der Waals surface area contributed by atoms with Crippen molar-refractivity contribution in [2.45, 2.75) is 96.1 Å². The average Bonchev–Trinajstić information content (AvgIpc) is 2.55. The molecule has 0 bridgehead atoms. The zero-order chi connectivity index (χ0) is 17.7. The van der Waals surface area contributed by atoms with E-state index >= 15 is 0 Å². The second-order valence-corrected chi connectivity index (χ2v) is 8.16. The molecule has 1 rings (SSSR count). The van der Waals surface area contributed by atoms with E-state index in [1.54, 1.807) is 6.08 Å². The number of hydrogen-bond donors (Lipinski definition) is 2. The minimum absolute atomic E-state index is 0.0568. The molecule has 1 saturated heterocycles. The molecule has 3 atom stereocenters. The lowest BCUT2D eigenvalue weighted by atomic mass is 10.0. The summed E-state index contributed by atoms with van der Waals surface area (Å²) in [5.74, 6) is 0. The smallest absolute Gasteiger partial charge is 0.323 e. The summed E-state index contributed by atoms with van der Waals surface area (Å²) in [4.78, 5) is 9.29. The molecule has 0 amide bonds. The highest BCUT2D eigenvalue weighted by Crippen LogP contribution is 2.48. The third-order valence-electron chi connectivity index (χ3n) is 4.41. The zero-order valence-electron chi connectivity index (χ0n) is 15.2. The predicted molar refractivity (Wildman–Crippen MR) is 98.8 cm³/mol. The van der Waals surface area contributed by atoms with E-state index in [2.05, 4.69) is 11.4 Å². The highest BCUT2D eigenvalue weighted by atomic mass is 31.2. The van der Waals surface area contributed by atoms with Crippen LogP contribution in [0.15, 0.2) is 12.2 Å². The Labute approximate surface area is 147 Å². The molecule has 1 aliphatic heterocycles. The van der Waals surface area contributed by atoms with Crippen molar-refractivity contribution in [1.29, 1.82) is 0 Å². The molecule has 3 N–H and O–H groups in total. The summed E-state index contributed by atoms with van der Waals surface area (Å²) in [5.41, 5.74) is 5.81. The topological polar surface area (TPSA) is 81.8 Å². The van der Waals surface area contributed by atoms with Gasteiger partial charge < -0.3 is 10.6 Å². The second-order valence-electron chi connectivity index (χ2n) is 6.75. The summed E-state index contributed by atoms with van der Waals surface area (Å²) >= 11 is 0. The maximum atomic E-state index is 11.3. The van der Waals surface area contributed by atoms with Gasteiger partial charge in [0, 0.05) is 0 Å². The zero-order valence-corrected chi connectivity index (χ0v) is 16.1. The van der Waals surface area contributed by atoms with Gasteiger partial charge in [-0.15, -0.1) is 0 Å². The van der Waals surface area contributed by atoms with Gasteiger partial charge >= 0.3 is 7.82 Å². The van der Waals surface area contributed by atoms with Crippen molar-refractivity contribution in [3.8, 4) is 0 Å². The van der Waals surface area contributed by atoms with E-state index in [0.717, 1.165) is 12.8 Å². The molecule has 0 aliphatic carbocycles. The molecule has 1 aliphatic rings. The van der Waals surface area contributed by atoms with Crippen LogP contribution in [0.2, 0.25) is 0 Å². The number of unbranched alkanes of at least 4 members (excludes halogenated alkanes) is 11. The van der Waals surface area contributed by atoms with Crippen LogP contribution in [-0.4, -0.2) is 23.6 Å². The van der Waals surface area contributed by atoms with Crippen LogP contribution in [0.25, 0.3) is 0 Å². The Hall–Kier alpha value is -0.190. The number of allylic oxidation sites excluding steroid dienone is 1. The van der Waals surface area contributed by atoms with Crippen LogP contribution in [-0.2, 0) is 13.6 Å². The predicted octanol–water partition coefficient (Wildman–Crippen LogP) is 5.09. The molecule has 142 valence electrons. The standard InChI is InChI=1S/C18H36NO4P/c1-2-3-4-5-6-7-8-9-10-11-12-13-14-15-18-17(19)16-22-24(20,21)23-18/h14-15,17-18H,2-13,16,19H2,1H3,(H,20,21)/b15-14+/t17-,18+/m0/s1. The molecule has 0 radical (unpaired) electrons. The molecule has 1 unspecified atom stereocenters. The van der Waals surface area contributed by atoms with Crippen LogP contribution in [0.1, 0.15) is 84.0 Å². The Kier molecular flexibility index (Phi) is 11.9. The lowest BCUT2D eigenvalue weighted by Crippen LogP contribution is -2.42. The van der Waals surface area contributed by atoms with Crippen molar-refractivity contribution in [2.24, 2.45) is 5.73 Å². The summed E-state index contributed by atoms with van der Waals surface area (Å²) < 4.78 is 21.0. The van der Waals surface area contributed by atoms with E-state index in [-0.39, 0.29) is 12.6 Å². The van der Waals surface area contributed by atoms with Crippen molar-refractivity contribution in [1.82, 2.24) is 0 Å². The maximum absolute atomic E-state index is 11.3. The van der Waals surface area contributed by atoms with Crippen LogP contribution < -0.4 is 5.73 Å². The van der Waals surface area contributed by atoms with Crippen molar-refractivity contribution < 1.29 is 18.5 Å². The quantitative estimate of drug-likeness (QED) is 0.271. The molecule has 0 aromatic carbocycles. The van der Waals surface area contributed by atoms with E-state index < -0.39 is 13.9 Å². The fourth-order valence-electron chi connectivity index (χ4n) is 2.87. The number of phosphoric ester groups is 1. The number of phosphoric acid groups is 1. The largest absolute Gasteiger partial charge is 0.472 e. The van der Waals surface area contributed by atoms with Gasteiger partial charge in [-0.05, 0) is 12.8 Å². The maximum Gasteiger partial charge on any atom is 0.472 e. The SMILES string of the molecule is CCCCCCCCCCCCC/C=C/[C@H]1OP(=O)(O)OC[C@@H]1N. The summed E-state index contributed by atoms with van der Waals surface area (Å²) in [5, 5.41) is 0. The Morgan fingerprint density at radius 2 is 1.58 bits per heavy atom. The molecule has 6 heteroatoms. The van der Waals surface area contributed by atoms with Gasteiger partial charge in [-0.25, -0.2) is 4.57 Å². The molecular weight excluding hydrogens is 325 g/mol. The third-order valence-corrected chi connectivity index (χ3v) is 5.39. The van der Waals surface area contributed by atoms with E-state index in [0.29, 0.717) is 0 Å². The number of hydrogen-bond acceptors (Lipinski definition) is 4. The van der Waals surface area contributed by atoms with Crippen LogP contribution in [0, 0.1) is 0 Å². The molecule has 0 aromatic rings. The summed E-state index contributed by atoms with van der Waals surface area (Å²) in [6, 6.07) is -0.382. The number of nitrogens with two attached hydrogens (primary N) is 1. The lowest BCUT2D eigenvalue weighted by Gasteiger charge is -2.28. The molecule has 1 fully saturated rings. The van der Waals surface area contributed by atoms with Gasteiger partial charge in [0.15, 0.2) is 0 Å². The molecule has 24 heavy (non-hydrogen) atoms. The van der Waals surface area contributed by atoms with Gasteiger partial charge in [0.25, 0.3) is 0 Å². The minimum atomic E-state index is -3.90. The monoisotopic (exact) mass is 361 g/mol. The Morgan fingerprint density at radius 1 is 1.04 bits per heavy atom. The van der Waals surface area contributed by atoms with Gasteiger partial charge in [0.2, 0.25) is 0 Å². The van der Waals surface area contributed by atoms with Gasteiger partial charge in [-0.1, -0.05) is 83.3 Å². The normalized spacial score (nSPS) is 27.8. The molecule has 1 heterocycles. The van der Waals surface area contributed by atoms with E-state index in [9.17, 15) is 9.46 Å². The van der Waals surface area contributed by atoms with Crippen molar-refractivity contribution in [3.05, 3.63) is 12.2 Å². The summed E-state index contributed by atoms with van der Waals surface area (Å²) in [6.45, 7) is 2.31. The molecule has 0 aromatic heterocycles. The van der Waals surface area contributed by atoms with Gasteiger partial charge in [0.05, 0.1) is 12.6 Å². The van der Waals surface area contributed by atoms with Gasteiger partial charge in [0.1, 0.15) is 6.10 Å². The molecule has 0 saturated carbocycles. The van der Waals surface area contributed by atoms with E-state index in [1.165, 1.54) is 64.2 Å².